The third kappa shape index (κ3) is 6.53. The number of hydrogen-bond donors (Lipinski definition) is 1. The van der Waals surface area contributed by atoms with Crippen LogP contribution < -0.4 is 5.32 Å². The summed E-state index contributed by atoms with van der Waals surface area (Å²) in [6, 6.07) is 9.56. The van der Waals surface area contributed by atoms with E-state index >= 15 is 0 Å². The van der Waals surface area contributed by atoms with Crippen molar-refractivity contribution in [3.63, 3.8) is 0 Å². The minimum atomic E-state index is -4.48. The average molecular weight is 395 g/mol. The molecule has 1 atom stereocenters. The minimum Gasteiger partial charge on any atom is -0.452 e. The van der Waals surface area contributed by atoms with Crippen LogP contribution in [0, 0.1) is 5.82 Å². The number of amides is 1. The minimum absolute atomic E-state index is 0.168. The Morgan fingerprint density at radius 2 is 1.82 bits per heavy atom. The molecular weight excluding hydrogens is 378 g/mol. The van der Waals surface area contributed by atoms with Gasteiger partial charge in [-0.3, -0.25) is 4.79 Å². The van der Waals surface area contributed by atoms with Gasteiger partial charge in [-0.2, -0.15) is 13.2 Å². The molecule has 148 valence electrons. The number of hydrogen-bond acceptors (Lipinski definition) is 3. The molecule has 0 aliphatic rings. The summed E-state index contributed by atoms with van der Waals surface area (Å²) in [5, 5.41) is 2.58. The first-order valence-corrected chi connectivity index (χ1v) is 8.22. The Kier molecular flexibility index (Phi) is 6.92. The second-order valence-corrected chi connectivity index (χ2v) is 5.91. The van der Waals surface area contributed by atoms with Crippen molar-refractivity contribution in [1.82, 2.24) is 5.32 Å². The highest BCUT2D eigenvalue weighted by Crippen LogP contribution is 2.29. The Morgan fingerprint density at radius 3 is 2.46 bits per heavy atom. The summed E-state index contributed by atoms with van der Waals surface area (Å²) in [5.74, 6) is -1.84. The standard InChI is InChI=1S/C20H17F4NO3/c1-13(15-6-8-17(21)9-7-15)25-18(26)12-28-19(27)10-5-14-3-2-4-16(11-14)20(22,23)24/h2-11,13H,12H2,1H3,(H,25,26)/b10-5+. The van der Waals surface area contributed by atoms with Crippen molar-refractivity contribution >= 4 is 18.0 Å². The monoisotopic (exact) mass is 395 g/mol. The van der Waals surface area contributed by atoms with Crippen LogP contribution in [-0.2, 0) is 20.5 Å². The molecule has 0 aliphatic carbocycles. The van der Waals surface area contributed by atoms with E-state index in [2.05, 4.69) is 5.32 Å². The molecule has 0 fully saturated rings. The van der Waals surface area contributed by atoms with Gasteiger partial charge in [-0.15, -0.1) is 0 Å². The summed E-state index contributed by atoms with van der Waals surface area (Å²) in [5.41, 5.74) is 0.00357. The average Bonchev–Trinajstić information content (AvgIpc) is 2.64. The highest BCUT2D eigenvalue weighted by Gasteiger charge is 2.30. The van der Waals surface area contributed by atoms with Gasteiger partial charge in [0.25, 0.3) is 5.91 Å². The number of alkyl halides is 3. The fourth-order valence-electron chi connectivity index (χ4n) is 2.29. The summed E-state index contributed by atoms with van der Waals surface area (Å²) < 4.78 is 55.6. The van der Waals surface area contributed by atoms with Gasteiger partial charge in [0.05, 0.1) is 11.6 Å². The van der Waals surface area contributed by atoms with Gasteiger partial charge in [0, 0.05) is 6.08 Å². The van der Waals surface area contributed by atoms with Crippen molar-refractivity contribution < 1.29 is 31.9 Å². The molecule has 4 nitrogen and oxygen atoms in total. The molecule has 8 heteroatoms. The lowest BCUT2D eigenvalue weighted by Crippen LogP contribution is -2.30. The molecular formula is C20H17F4NO3. The van der Waals surface area contributed by atoms with E-state index in [1.54, 1.807) is 6.92 Å². The van der Waals surface area contributed by atoms with Gasteiger partial charge in [0.2, 0.25) is 0 Å². The van der Waals surface area contributed by atoms with Gasteiger partial charge in [-0.05, 0) is 48.4 Å². The first kappa shape index (κ1) is 21.1. The topological polar surface area (TPSA) is 55.4 Å². The van der Waals surface area contributed by atoms with Crippen LogP contribution in [-0.4, -0.2) is 18.5 Å². The van der Waals surface area contributed by atoms with Gasteiger partial charge in [-0.1, -0.05) is 24.3 Å². The summed E-state index contributed by atoms with van der Waals surface area (Å²) in [7, 11) is 0. The van der Waals surface area contributed by atoms with Crippen LogP contribution in [0.4, 0.5) is 17.6 Å². The number of esters is 1. The van der Waals surface area contributed by atoms with E-state index in [1.807, 2.05) is 0 Å². The highest BCUT2D eigenvalue weighted by molar-refractivity contribution is 5.89. The summed E-state index contributed by atoms with van der Waals surface area (Å²) in [4.78, 5) is 23.5. The molecule has 28 heavy (non-hydrogen) atoms. The largest absolute Gasteiger partial charge is 0.452 e. The molecule has 0 saturated heterocycles. The molecule has 0 aromatic heterocycles. The van der Waals surface area contributed by atoms with Crippen LogP contribution in [0.5, 0.6) is 0 Å². The third-order valence-corrected chi connectivity index (χ3v) is 3.72. The Hall–Kier alpha value is -3.16. The molecule has 2 rings (SSSR count). The van der Waals surface area contributed by atoms with E-state index < -0.39 is 42.1 Å². The molecule has 0 saturated carbocycles. The van der Waals surface area contributed by atoms with Gasteiger partial charge in [-0.25, -0.2) is 9.18 Å². The fourth-order valence-corrected chi connectivity index (χ4v) is 2.29. The van der Waals surface area contributed by atoms with Crippen molar-refractivity contribution in [3.05, 3.63) is 77.1 Å². The molecule has 1 unspecified atom stereocenters. The molecule has 0 spiro atoms. The fraction of sp³-hybridized carbons (Fsp3) is 0.200. The number of carbonyl (C=O) groups is 2. The van der Waals surface area contributed by atoms with Crippen LogP contribution in [0.15, 0.2) is 54.6 Å². The maximum absolute atomic E-state index is 12.9. The number of carbonyl (C=O) groups excluding carboxylic acids is 2. The molecule has 0 bridgehead atoms. The maximum Gasteiger partial charge on any atom is 0.416 e. The normalized spacial score (nSPS) is 12.6. The van der Waals surface area contributed by atoms with Crippen LogP contribution in [0.2, 0.25) is 0 Å². The number of ether oxygens (including phenoxy) is 1. The lowest BCUT2D eigenvalue weighted by Gasteiger charge is -2.14. The lowest BCUT2D eigenvalue weighted by molar-refractivity contribution is -0.144. The second kappa shape index (κ2) is 9.16. The molecule has 2 aromatic rings. The number of halogens is 4. The van der Waals surface area contributed by atoms with E-state index in [0.717, 1.165) is 24.3 Å². The zero-order chi connectivity index (χ0) is 20.7. The predicted octanol–water partition coefficient (Wildman–Crippen LogP) is 4.28. The van der Waals surface area contributed by atoms with Crippen molar-refractivity contribution in [2.75, 3.05) is 6.61 Å². The van der Waals surface area contributed by atoms with Crippen LogP contribution in [0.1, 0.15) is 29.7 Å². The molecule has 0 aliphatic heterocycles. The van der Waals surface area contributed by atoms with E-state index in [-0.39, 0.29) is 5.56 Å². The van der Waals surface area contributed by atoms with Crippen molar-refractivity contribution in [1.29, 1.82) is 0 Å². The molecule has 0 heterocycles. The van der Waals surface area contributed by atoms with E-state index in [9.17, 15) is 27.2 Å². The van der Waals surface area contributed by atoms with Crippen molar-refractivity contribution in [3.8, 4) is 0 Å². The van der Waals surface area contributed by atoms with Gasteiger partial charge >= 0.3 is 12.1 Å². The van der Waals surface area contributed by atoms with Gasteiger partial charge in [0.15, 0.2) is 6.61 Å². The van der Waals surface area contributed by atoms with Crippen LogP contribution in [0.25, 0.3) is 6.08 Å². The molecule has 0 radical (unpaired) electrons. The zero-order valence-electron chi connectivity index (χ0n) is 14.8. The van der Waals surface area contributed by atoms with Crippen molar-refractivity contribution in [2.24, 2.45) is 0 Å². The van der Waals surface area contributed by atoms with Crippen LogP contribution >= 0.6 is 0 Å². The first-order valence-electron chi connectivity index (χ1n) is 8.22. The van der Waals surface area contributed by atoms with Crippen molar-refractivity contribution in [2.45, 2.75) is 19.1 Å². The van der Waals surface area contributed by atoms with Gasteiger partial charge in [0.1, 0.15) is 5.82 Å². The number of benzene rings is 2. The summed E-state index contributed by atoms with van der Waals surface area (Å²) >= 11 is 0. The Morgan fingerprint density at radius 1 is 1.14 bits per heavy atom. The third-order valence-electron chi connectivity index (χ3n) is 3.72. The predicted molar refractivity (Wildman–Crippen MR) is 94.4 cm³/mol. The number of nitrogens with one attached hydrogen (secondary N) is 1. The Balaban J connectivity index is 1.84. The quantitative estimate of drug-likeness (QED) is 0.451. The highest BCUT2D eigenvalue weighted by atomic mass is 19.4. The van der Waals surface area contributed by atoms with Gasteiger partial charge < -0.3 is 10.1 Å². The first-order chi connectivity index (χ1) is 13.1. The Labute approximate surface area is 158 Å². The Bertz CT molecular complexity index is 860. The maximum atomic E-state index is 12.9. The molecule has 2 aromatic carbocycles. The van der Waals surface area contributed by atoms with E-state index in [1.165, 1.54) is 36.4 Å². The molecule has 1 N–H and O–H groups in total. The smallest absolute Gasteiger partial charge is 0.416 e. The lowest BCUT2D eigenvalue weighted by atomic mass is 10.1. The SMILES string of the molecule is CC(NC(=O)COC(=O)/C=C/c1cccc(C(F)(F)F)c1)c1ccc(F)cc1. The summed E-state index contributed by atoms with van der Waals surface area (Å²) in [6.45, 7) is 1.12. The second-order valence-electron chi connectivity index (χ2n) is 5.91. The van der Waals surface area contributed by atoms with E-state index in [0.29, 0.717) is 5.56 Å². The van der Waals surface area contributed by atoms with Crippen LogP contribution in [0.3, 0.4) is 0 Å². The number of rotatable bonds is 6. The summed E-state index contributed by atoms with van der Waals surface area (Å²) in [6.07, 6.45) is -2.38. The molecule has 1 amide bonds. The van der Waals surface area contributed by atoms with E-state index in [4.69, 9.17) is 4.74 Å². The zero-order valence-corrected chi connectivity index (χ0v) is 14.8.